The quantitative estimate of drug-likeness (QED) is 0.707. The zero-order chi connectivity index (χ0) is 12.7. The lowest BCUT2D eigenvalue weighted by atomic mass is 9.93. The van der Waals surface area contributed by atoms with E-state index in [0.717, 1.165) is 12.8 Å². The molecule has 0 aromatic carbocycles. The van der Waals surface area contributed by atoms with Crippen LogP contribution in [0.15, 0.2) is 24.5 Å². The molecule has 2 saturated heterocycles. The third kappa shape index (κ3) is 1.58. The van der Waals surface area contributed by atoms with Crippen molar-refractivity contribution in [1.29, 1.82) is 0 Å². The van der Waals surface area contributed by atoms with Crippen molar-refractivity contribution in [2.75, 3.05) is 11.4 Å². The summed E-state index contributed by atoms with van der Waals surface area (Å²) < 4.78 is 0. The topological polar surface area (TPSA) is 53.5 Å². The number of carbonyl (C=O) groups is 2. The molecule has 2 aliphatic rings. The maximum absolute atomic E-state index is 12.3. The Morgan fingerprint density at radius 2 is 2.00 bits per heavy atom. The van der Waals surface area contributed by atoms with E-state index in [1.54, 1.807) is 29.4 Å². The molecule has 0 spiro atoms. The van der Waals surface area contributed by atoms with E-state index in [4.69, 9.17) is 0 Å². The van der Waals surface area contributed by atoms with E-state index in [-0.39, 0.29) is 18.0 Å². The normalized spacial score (nSPS) is 27.6. The van der Waals surface area contributed by atoms with Crippen molar-refractivity contribution in [3.63, 3.8) is 0 Å². The molecule has 0 saturated carbocycles. The molecule has 5 nitrogen and oxygen atoms in total. The molecule has 3 rings (SSSR count). The van der Waals surface area contributed by atoms with Gasteiger partial charge in [-0.2, -0.15) is 0 Å². The van der Waals surface area contributed by atoms with E-state index in [2.05, 4.69) is 11.9 Å². The molecule has 2 atom stereocenters. The molecule has 2 fully saturated rings. The van der Waals surface area contributed by atoms with Gasteiger partial charge in [0.05, 0.1) is 5.69 Å². The molecule has 5 heteroatoms. The van der Waals surface area contributed by atoms with Crippen molar-refractivity contribution in [3.05, 3.63) is 24.5 Å². The van der Waals surface area contributed by atoms with Crippen LogP contribution in [0.2, 0.25) is 0 Å². The third-order valence-corrected chi connectivity index (χ3v) is 3.73. The Balaban J connectivity index is 1.94. The molecule has 3 amide bonds. The summed E-state index contributed by atoms with van der Waals surface area (Å²) in [5.74, 6) is 0.401. The number of anilines is 1. The third-order valence-electron chi connectivity index (χ3n) is 3.73. The molecular weight excluding hydrogens is 230 g/mol. The number of nitrogens with zero attached hydrogens (tertiary/aromatic N) is 3. The maximum Gasteiger partial charge on any atom is 0.332 e. The first-order valence-corrected chi connectivity index (χ1v) is 6.23. The number of pyridine rings is 1. The van der Waals surface area contributed by atoms with Crippen LogP contribution in [0.1, 0.15) is 19.8 Å². The predicted octanol–water partition coefficient (Wildman–Crippen LogP) is 1.65. The van der Waals surface area contributed by atoms with Crippen LogP contribution in [0.25, 0.3) is 0 Å². The van der Waals surface area contributed by atoms with E-state index < -0.39 is 0 Å². The fourth-order valence-electron chi connectivity index (χ4n) is 2.71. The first-order chi connectivity index (χ1) is 8.68. The number of fused-ring (bicyclic) bond motifs is 1. The summed E-state index contributed by atoms with van der Waals surface area (Å²) in [5, 5.41) is 0. The first kappa shape index (κ1) is 11.2. The lowest BCUT2D eigenvalue weighted by Crippen LogP contribution is -2.41. The molecule has 1 aromatic rings. The number of amides is 3. The number of urea groups is 1. The van der Waals surface area contributed by atoms with Crippen molar-refractivity contribution >= 4 is 17.6 Å². The van der Waals surface area contributed by atoms with Crippen LogP contribution in [-0.2, 0) is 4.79 Å². The van der Waals surface area contributed by atoms with Crippen LogP contribution >= 0.6 is 0 Å². The van der Waals surface area contributed by atoms with Gasteiger partial charge in [0.1, 0.15) is 6.04 Å². The van der Waals surface area contributed by atoms with Gasteiger partial charge >= 0.3 is 6.03 Å². The Bertz CT molecular complexity index is 488. The minimum Gasteiger partial charge on any atom is -0.312 e. The van der Waals surface area contributed by atoms with E-state index >= 15 is 0 Å². The lowest BCUT2D eigenvalue weighted by Gasteiger charge is -2.30. The zero-order valence-corrected chi connectivity index (χ0v) is 10.2. The molecule has 1 aromatic heterocycles. The van der Waals surface area contributed by atoms with Crippen molar-refractivity contribution < 1.29 is 9.59 Å². The largest absolute Gasteiger partial charge is 0.332 e. The van der Waals surface area contributed by atoms with E-state index in [1.165, 1.54) is 4.90 Å². The van der Waals surface area contributed by atoms with Gasteiger partial charge in [-0.05, 0) is 30.9 Å². The predicted molar refractivity (Wildman–Crippen MR) is 66.0 cm³/mol. The van der Waals surface area contributed by atoms with Gasteiger partial charge in [0.25, 0.3) is 5.91 Å². The second kappa shape index (κ2) is 4.08. The molecule has 0 bridgehead atoms. The average Bonchev–Trinajstić information content (AvgIpc) is 2.63. The fourth-order valence-corrected chi connectivity index (χ4v) is 2.71. The van der Waals surface area contributed by atoms with Gasteiger partial charge in [0, 0.05) is 18.9 Å². The summed E-state index contributed by atoms with van der Waals surface area (Å²) in [6.07, 6.45) is 4.93. The number of aromatic nitrogens is 1. The highest BCUT2D eigenvalue weighted by molar-refractivity contribution is 6.21. The number of imide groups is 1. The standard InChI is InChI=1S/C13H15N3O2/c1-9-4-7-15-11(8-9)12(17)16(13(15)18)10-2-5-14-6-3-10/h2-3,5-6,9,11H,4,7-8H2,1H3/t9-,11+/m1/s1. The highest BCUT2D eigenvalue weighted by atomic mass is 16.2. The second-order valence-electron chi connectivity index (χ2n) is 5.00. The highest BCUT2D eigenvalue weighted by Crippen LogP contribution is 2.32. The van der Waals surface area contributed by atoms with Gasteiger partial charge in [0.15, 0.2) is 0 Å². The molecule has 0 radical (unpaired) electrons. The maximum atomic E-state index is 12.3. The summed E-state index contributed by atoms with van der Waals surface area (Å²) in [6, 6.07) is 2.92. The Hall–Kier alpha value is -1.91. The molecule has 3 heterocycles. The monoisotopic (exact) mass is 245 g/mol. The van der Waals surface area contributed by atoms with Crippen molar-refractivity contribution in [2.24, 2.45) is 5.92 Å². The van der Waals surface area contributed by atoms with Gasteiger partial charge in [-0.15, -0.1) is 0 Å². The lowest BCUT2D eigenvalue weighted by molar-refractivity contribution is -0.120. The van der Waals surface area contributed by atoms with Crippen LogP contribution in [0, 0.1) is 5.92 Å². The zero-order valence-electron chi connectivity index (χ0n) is 10.2. The minimum absolute atomic E-state index is 0.0993. The van der Waals surface area contributed by atoms with E-state index in [1.807, 2.05) is 0 Å². The number of hydrogen-bond acceptors (Lipinski definition) is 3. The SMILES string of the molecule is C[C@@H]1CCN2C(=O)N(c3ccncc3)C(=O)[C@@H]2C1. The number of rotatable bonds is 1. The first-order valence-electron chi connectivity index (χ1n) is 6.23. The molecule has 94 valence electrons. The van der Waals surface area contributed by atoms with Gasteiger partial charge in [-0.1, -0.05) is 6.92 Å². The molecule has 2 aliphatic heterocycles. The summed E-state index contributed by atoms with van der Waals surface area (Å²) in [5.41, 5.74) is 0.613. The molecular formula is C13H15N3O2. The van der Waals surface area contributed by atoms with Crippen molar-refractivity contribution in [3.8, 4) is 0 Å². The fraction of sp³-hybridized carbons (Fsp3) is 0.462. The van der Waals surface area contributed by atoms with Crippen molar-refractivity contribution in [1.82, 2.24) is 9.88 Å². The molecule has 0 aliphatic carbocycles. The van der Waals surface area contributed by atoms with Gasteiger partial charge in [-0.3, -0.25) is 9.78 Å². The minimum atomic E-state index is -0.269. The molecule has 18 heavy (non-hydrogen) atoms. The van der Waals surface area contributed by atoms with Crippen LogP contribution < -0.4 is 4.90 Å². The van der Waals surface area contributed by atoms with E-state index in [9.17, 15) is 9.59 Å². The van der Waals surface area contributed by atoms with Gasteiger partial charge in [-0.25, -0.2) is 9.69 Å². The average molecular weight is 245 g/mol. The Labute approximate surface area is 105 Å². The number of hydrogen-bond donors (Lipinski definition) is 0. The van der Waals surface area contributed by atoms with Crippen LogP contribution in [-0.4, -0.2) is 34.4 Å². The summed E-state index contributed by atoms with van der Waals surface area (Å²) in [6.45, 7) is 2.81. The van der Waals surface area contributed by atoms with Crippen LogP contribution in [0.5, 0.6) is 0 Å². The molecule has 0 unspecified atom stereocenters. The smallest absolute Gasteiger partial charge is 0.312 e. The van der Waals surface area contributed by atoms with Gasteiger partial charge < -0.3 is 4.90 Å². The van der Waals surface area contributed by atoms with Gasteiger partial charge in [0.2, 0.25) is 0 Å². The summed E-state index contributed by atoms with van der Waals surface area (Å²) in [7, 11) is 0. The Morgan fingerprint density at radius 1 is 1.28 bits per heavy atom. The molecule has 0 N–H and O–H groups in total. The number of carbonyl (C=O) groups excluding carboxylic acids is 2. The summed E-state index contributed by atoms with van der Waals surface area (Å²) in [4.78, 5) is 31.5. The van der Waals surface area contributed by atoms with E-state index in [0.29, 0.717) is 18.2 Å². The number of piperidine rings is 1. The Morgan fingerprint density at radius 3 is 2.72 bits per heavy atom. The second-order valence-corrected chi connectivity index (χ2v) is 5.00. The Kier molecular flexibility index (Phi) is 2.54. The van der Waals surface area contributed by atoms with Crippen molar-refractivity contribution in [2.45, 2.75) is 25.8 Å². The highest BCUT2D eigenvalue weighted by Gasteiger charge is 2.47. The van der Waals surface area contributed by atoms with Crippen LogP contribution in [0.3, 0.4) is 0 Å². The summed E-state index contributed by atoms with van der Waals surface area (Å²) >= 11 is 0. The van der Waals surface area contributed by atoms with Crippen LogP contribution in [0.4, 0.5) is 10.5 Å².